The monoisotopic (exact) mass is 354 g/mol. The first-order chi connectivity index (χ1) is 12.0. The first-order valence-electron chi connectivity index (χ1n) is 7.32. The fourth-order valence-electron chi connectivity index (χ4n) is 2.42. The Hall–Kier alpha value is -3.24. The molecule has 0 bridgehead atoms. The minimum atomic E-state index is 0.0592. The van der Waals surface area contributed by atoms with Crippen LogP contribution in [0.2, 0.25) is 5.15 Å². The predicted molar refractivity (Wildman–Crippen MR) is 96.9 cm³/mol. The molecule has 0 aliphatic carbocycles. The molecule has 1 aromatic carbocycles. The van der Waals surface area contributed by atoms with Crippen molar-refractivity contribution in [3.05, 3.63) is 47.4 Å². The van der Waals surface area contributed by atoms with Crippen molar-refractivity contribution in [2.75, 3.05) is 18.2 Å². The lowest BCUT2D eigenvalue weighted by Crippen LogP contribution is -2.00. The summed E-state index contributed by atoms with van der Waals surface area (Å²) in [6.07, 6.45) is 3.68. The van der Waals surface area contributed by atoms with Gasteiger partial charge >= 0.3 is 0 Å². The fraction of sp³-hybridized carbons (Fsp3) is 0.118. The van der Waals surface area contributed by atoms with Gasteiger partial charge in [-0.25, -0.2) is 4.98 Å². The SMILES string of the molecule is COc1cc(Nc2cc(N)c(C#N)c(Cl)n2)ccc1-c1cnn(C)c1. The van der Waals surface area contributed by atoms with Crippen LogP contribution in [0.1, 0.15) is 5.56 Å². The summed E-state index contributed by atoms with van der Waals surface area (Å²) in [6, 6.07) is 9.13. The van der Waals surface area contributed by atoms with Gasteiger partial charge in [-0.2, -0.15) is 10.4 Å². The summed E-state index contributed by atoms with van der Waals surface area (Å²) in [5, 5.41) is 16.3. The largest absolute Gasteiger partial charge is 0.496 e. The van der Waals surface area contributed by atoms with Gasteiger partial charge in [0.1, 0.15) is 23.2 Å². The van der Waals surface area contributed by atoms with Crippen molar-refractivity contribution < 1.29 is 4.74 Å². The number of halogens is 1. The number of ether oxygens (including phenoxy) is 1. The lowest BCUT2D eigenvalue weighted by atomic mass is 10.1. The third-order valence-corrected chi connectivity index (χ3v) is 3.88. The second-order valence-corrected chi connectivity index (χ2v) is 5.68. The molecule has 0 saturated carbocycles. The van der Waals surface area contributed by atoms with Gasteiger partial charge in [0.25, 0.3) is 0 Å². The summed E-state index contributed by atoms with van der Waals surface area (Å²) < 4.78 is 7.21. The standard InChI is InChI=1S/C17H15ClN6O/c1-24-9-10(8-21-24)12-4-3-11(5-15(12)25-2)22-16-6-14(20)13(7-19)17(18)23-16/h3-6,8-9H,1-2H3,(H3,20,22,23). The van der Waals surface area contributed by atoms with Crippen LogP contribution in [0.25, 0.3) is 11.1 Å². The maximum atomic E-state index is 8.99. The minimum absolute atomic E-state index is 0.0592. The molecule has 0 spiro atoms. The van der Waals surface area contributed by atoms with Crippen LogP contribution in [0.4, 0.5) is 17.2 Å². The first kappa shape index (κ1) is 16.6. The summed E-state index contributed by atoms with van der Waals surface area (Å²) in [7, 11) is 3.46. The van der Waals surface area contributed by atoms with E-state index < -0.39 is 0 Å². The zero-order chi connectivity index (χ0) is 18.0. The molecule has 3 rings (SSSR count). The van der Waals surface area contributed by atoms with Gasteiger partial charge in [0.05, 0.1) is 19.0 Å². The number of anilines is 3. The van der Waals surface area contributed by atoms with E-state index >= 15 is 0 Å². The number of nitrogens with one attached hydrogen (secondary N) is 1. The highest BCUT2D eigenvalue weighted by atomic mass is 35.5. The predicted octanol–water partition coefficient (Wildman–Crippen LogP) is 3.34. The molecule has 3 aromatic rings. The molecule has 0 unspecified atom stereocenters. The Morgan fingerprint density at radius 1 is 1.36 bits per heavy atom. The van der Waals surface area contributed by atoms with E-state index in [0.29, 0.717) is 11.6 Å². The van der Waals surface area contributed by atoms with Crippen LogP contribution in [0.3, 0.4) is 0 Å². The Morgan fingerprint density at radius 3 is 2.76 bits per heavy atom. The van der Waals surface area contributed by atoms with E-state index in [-0.39, 0.29) is 16.4 Å². The van der Waals surface area contributed by atoms with E-state index in [1.165, 1.54) is 0 Å². The Balaban J connectivity index is 1.93. The molecule has 0 radical (unpaired) electrons. The number of aromatic nitrogens is 3. The van der Waals surface area contributed by atoms with Crippen LogP contribution >= 0.6 is 11.6 Å². The highest BCUT2D eigenvalue weighted by Gasteiger charge is 2.11. The molecular weight excluding hydrogens is 340 g/mol. The van der Waals surface area contributed by atoms with Crippen LogP contribution in [0.15, 0.2) is 36.7 Å². The third kappa shape index (κ3) is 3.34. The van der Waals surface area contributed by atoms with Crippen LogP contribution in [-0.2, 0) is 7.05 Å². The molecule has 25 heavy (non-hydrogen) atoms. The number of benzene rings is 1. The molecule has 7 nitrogen and oxygen atoms in total. The van der Waals surface area contributed by atoms with Crippen molar-refractivity contribution in [2.24, 2.45) is 7.05 Å². The lowest BCUT2D eigenvalue weighted by molar-refractivity contribution is 0.416. The van der Waals surface area contributed by atoms with E-state index in [1.54, 1.807) is 24.1 Å². The van der Waals surface area contributed by atoms with E-state index in [4.69, 9.17) is 27.3 Å². The fourth-order valence-corrected chi connectivity index (χ4v) is 2.67. The Morgan fingerprint density at radius 2 is 2.16 bits per heavy atom. The number of nitrogen functional groups attached to an aromatic ring is 1. The number of nitrogens with two attached hydrogens (primary N) is 1. The van der Waals surface area contributed by atoms with Crippen molar-refractivity contribution in [3.63, 3.8) is 0 Å². The molecule has 0 fully saturated rings. The molecule has 3 N–H and O–H groups in total. The van der Waals surface area contributed by atoms with Crippen molar-refractivity contribution in [3.8, 4) is 22.9 Å². The molecule has 0 aliphatic rings. The molecule has 2 heterocycles. The molecule has 0 atom stereocenters. The number of hydrogen-bond acceptors (Lipinski definition) is 6. The van der Waals surface area contributed by atoms with Gasteiger partial charge in [0, 0.05) is 42.2 Å². The third-order valence-electron chi connectivity index (χ3n) is 3.61. The zero-order valence-corrected chi connectivity index (χ0v) is 14.4. The van der Waals surface area contributed by atoms with E-state index in [0.717, 1.165) is 16.8 Å². The van der Waals surface area contributed by atoms with Gasteiger partial charge in [-0.1, -0.05) is 11.6 Å². The average molecular weight is 355 g/mol. The Bertz CT molecular complexity index is 953. The summed E-state index contributed by atoms with van der Waals surface area (Å²) in [6.45, 7) is 0. The van der Waals surface area contributed by atoms with Gasteiger partial charge in [-0.3, -0.25) is 4.68 Å². The number of methoxy groups -OCH3 is 1. The van der Waals surface area contributed by atoms with Crippen molar-refractivity contribution in [1.29, 1.82) is 5.26 Å². The van der Waals surface area contributed by atoms with Gasteiger partial charge < -0.3 is 15.8 Å². The molecule has 0 saturated heterocycles. The maximum Gasteiger partial charge on any atom is 0.151 e. The molecule has 0 aliphatic heterocycles. The van der Waals surface area contributed by atoms with Crippen LogP contribution < -0.4 is 15.8 Å². The number of hydrogen-bond donors (Lipinski definition) is 2. The summed E-state index contributed by atoms with van der Waals surface area (Å²) in [4.78, 5) is 4.14. The van der Waals surface area contributed by atoms with E-state index in [1.807, 2.05) is 37.5 Å². The van der Waals surface area contributed by atoms with E-state index in [9.17, 15) is 0 Å². The minimum Gasteiger partial charge on any atom is -0.496 e. The molecule has 126 valence electrons. The van der Waals surface area contributed by atoms with Gasteiger partial charge in [0.15, 0.2) is 5.15 Å². The smallest absolute Gasteiger partial charge is 0.151 e. The molecule has 0 amide bonds. The number of rotatable bonds is 4. The van der Waals surface area contributed by atoms with Crippen molar-refractivity contribution >= 4 is 28.8 Å². The van der Waals surface area contributed by atoms with E-state index in [2.05, 4.69) is 15.4 Å². The Labute approximate surface area is 149 Å². The maximum absolute atomic E-state index is 8.99. The first-order valence-corrected chi connectivity index (χ1v) is 7.70. The van der Waals surface area contributed by atoms with Gasteiger partial charge in [-0.15, -0.1) is 0 Å². The van der Waals surface area contributed by atoms with Gasteiger partial charge in [-0.05, 0) is 12.1 Å². The summed E-state index contributed by atoms with van der Waals surface area (Å²) in [5.41, 5.74) is 8.88. The zero-order valence-electron chi connectivity index (χ0n) is 13.6. The Kier molecular flexibility index (Phi) is 4.46. The van der Waals surface area contributed by atoms with Crippen LogP contribution in [0.5, 0.6) is 5.75 Å². The number of nitrogens with zero attached hydrogens (tertiary/aromatic N) is 4. The highest BCUT2D eigenvalue weighted by molar-refractivity contribution is 6.31. The van der Waals surface area contributed by atoms with Crippen molar-refractivity contribution in [1.82, 2.24) is 14.8 Å². The normalized spacial score (nSPS) is 10.3. The molecule has 2 aromatic heterocycles. The lowest BCUT2D eigenvalue weighted by Gasteiger charge is -2.12. The second-order valence-electron chi connectivity index (χ2n) is 5.32. The van der Waals surface area contributed by atoms with Gasteiger partial charge in [0.2, 0.25) is 0 Å². The topological polar surface area (TPSA) is 102 Å². The summed E-state index contributed by atoms with van der Waals surface area (Å²) >= 11 is 5.98. The number of nitriles is 1. The molecule has 8 heteroatoms. The van der Waals surface area contributed by atoms with Crippen LogP contribution in [-0.4, -0.2) is 21.9 Å². The van der Waals surface area contributed by atoms with Crippen molar-refractivity contribution in [2.45, 2.75) is 0 Å². The average Bonchev–Trinajstić information content (AvgIpc) is 3.00. The highest BCUT2D eigenvalue weighted by Crippen LogP contribution is 2.33. The quantitative estimate of drug-likeness (QED) is 0.697. The number of pyridine rings is 1. The second kappa shape index (κ2) is 6.71. The summed E-state index contributed by atoms with van der Waals surface area (Å²) in [5.74, 6) is 1.13. The van der Waals surface area contributed by atoms with Crippen LogP contribution in [0, 0.1) is 11.3 Å². The number of aryl methyl sites for hydroxylation is 1. The molecular formula is C17H15ClN6O.